The minimum absolute atomic E-state index is 0.144. The third-order valence-electron chi connectivity index (χ3n) is 17.2. The maximum Gasteiger partial charge on any atom is 0.306 e. The van der Waals surface area contributed by atoms with Crippen molar-refractivity contribution in [1.29, 1.82) is 0 Å². The fourth-order valence-electron chi connectivity index (χ4n) is 11.2. The van der Waals surface area contributed by atoms with Crippen LogP contribution in [0.5, 0.6) is 0 Å². The largest absolute Gasteiger partial charge is 0.545 e. The normalized spacial score (nSPS) is 13.3. The maximum absolute atomic E-state index is 13.0. The second-order valence-corrected chi connectivity index (χ2v) is 27.6. The zero-order chi connectivity index (χ0) is 69.0. The van der Waals surface area contributed by atoms with E-state index in [-0.39, 0.29) is 32.2 Å². The van der Waals surface area contributed by atoms with E-state index in [0.29, 0.717) is 23.9 Å². The van der Waals surface area contributed by atoms with Gasteiger partial charge in [0.05, 0.1) is 40.3 Å². The van der Waals surface area contributed by atoms with Gasteiger partial charge in [0.25, 0.3) is 0 Å². The molecule has 0 aliphatic carbocycles. The summed E-state index contributed by atoms with van der Waals surface area (Å²) in [6.07, 6.45) is 105. The molecule has 0 rings (SSSR count). The van der Waals surface area contributed by atoms with Crippen LogP contribution in [0.15, 0.2) is 122 Å². The van der Waals surface area contributed by atoms with Gasteiger partial charge in [-0.15, -0.1) is 0 Å². The lowest BCUT2D eigenvalue weighted by Gasteiger charge is -2.26. The van der Waals surface area contributed by atoms with E-state index in [2.05, 4.69) is 135 Å². The first-order valence-electron chi connectivity index (χ1n) is 39.7. The summed E-state index contributed by atoms with van der Waals surface area (Å²) in [5.74, 6) is -2.28. The number of unbranched alkanes of at least 4 members (excludes halogenated alkanes) is 38. The van der Waals surface area contributed by atoms with Crippen LogP contribution in [0.25, 0.3) is 0 Å². The molecule has 2 atom stereocenters. The highest BCUT2D eigenvalue weighted by Crippen LogP contribution is 2.18. The van der Waals surface area contributed by atoms with E-state index in [1.807, 2.05) is 21.1 Å². The van der Waals surface area contributed by atoms with Crippen molar-refractivity contribution in [3.8, 4) is 0 Å². The molecule has 95 heavy (non-hydrogen) atoms. The zero-order valence-electron chi connectivity index (χ0n) is 62.5. The highest BCUT2D eigenvalue weighted by Gasteiger charge is 2.22. The summed E-state index contributed by atoms with van der Waals surface area (Å²) in [4.78, 5) is 37.6. The average molecular weight is 1330 g/mol. The van der Waals surface area contributed by atoms with Crippen LogP contribution < -0.4 is 5.11 Å². The number of likely N-dealkylation sites (N-methyl/N-ethyl adjacent to an activating group) is 1. The van der Waals surface area contributed by atoms with E-state index in [4.69, 9.17) is 18.9 Å². The minimum Gasteiger partial charge on any atom is -0.545 e. The molecule has 0 fully saturated rings. The van der Waals surface area contributed by atoms with E-state index in [9.17, 15) is 19.5 Å². The molecule has 9 heteroatoms. The minimum atomic E-state index is -1.63. The summed E-state index contributed by atoms with van der Waals surface area (Å²) >= 11 is 0. The molecule has 0 saturated heterocycles. The first-order chi connectivity index (χ1) is 46.6. The Kier molecular flexibility index (Phi) is 72.0. The smallest absolute Gasteiger partial charge is 0.306 e. The number of carbonyl (C=O) groups is 3. The van der Waals surface area contributed by atoms with Gasteiger partial charge in [0.2, 0.25) is 0 Å². The quantitative estimate of drug-likeness (QED) is 0.0195. The predicted octanol–water partition coefficient (Wildman–Crippen LogP) is 24.1. The van der Waals surface area contributed by atoms with Gasteiger partial charge in [-0.1, -0.05) is 347 Å². The van der Waals surface area contributed by atoms with Gasteiger partial charge in [-0.25, -0.2) is 0 Å². The average Bonchev–Trinajstić information content (AvgIpc) is 2.92. The number of carboxylic acids is 1. The number of hydrogen-bond acceptors (Lipinski definition) is 8. The van der Waals surface area contributed by atoms with Crippen LogP contribution in [-0.4, -0.2) is 82.3 Å². The number of nitrogens with zero attached hydrogens (tertiary/aromatic N) is 1. The van der Waals surface area contributed by atoms with Gasteiger partial charge in [-0.2, -0.15) is 0 Å². The summed E-state index contributed by atoms with van der Waals surface area (Å²) < 4.78 is 22.9. The van der Waals surface area contributed by atoms with Crippen molar-refractivity contribution in [2.24, 2.45) is 0 Å². The van der Waals surface area contributed by atoms with Crippen LogP contribution in [-0.2, 0) is 33.3 Å². The van der Waals surface area contributed by atoms with Gasteiger partial charge in [-0.05, 0) is 109 Å². The monoisotopic (exact) mass is 1320 g/mol. The van der Waals surface area contributed by atoms with Gasteiger partial charge in [0.15, 0.2) is 12.4 Å². The van der Waals surface area contributed by atoms with Gasteiger partial charge in [0.1, 0.15) is 13.2 Å². The Labute approximate surface area is 587 Å². The number of carbonyl (C=O) groups excluding carboxylic acids is 3. The Bertz CT molecular complexity index is 1980. The van der Waals surface area contributed by atoms with Crippen molar-refractivity contribution in [3.05, 3.63) is 122 Å². The van der Waals surface area contributed by atoms with Crippen molar-refractivity contribution < 1.29 is 42.9 Å². The fourth-order valence-corrected chi connectivity index (χ4v) is 11.2. The van der Waals surface area contributed by atoms with E-state index >= 15 is 0 Å². The number of rotatable bonds is 73. The van der Waals surface area contributed by atoms with Crippen LogP contribution in [0.3, 0.4) is 0 Å². The highest BCUT2D eigenvalue weighted by molar-refractivity contribution is 5.70. The molecule has 0 aromatic rings. The number of esters is 2. The lowest BCUT2D eigenvalue weighted by molar-refractivity contribution is -0.870. The molecule has 0 aliphatic heterocycles. The third-order valence-corrected chi connectivity index (χ3v) is 17.2. The maximum atomic E-state index is 13.0. The molecule has 0 heterocycles. The molecule has 0 N–H and O–H groups in total. The Morgan fingerprint density at radius 2 is 0.600 bits per heavy atom. The first kappa shape index (κ1) is 90.7. The Balaban J connectivity index is 4.07. The van der Waals surface area contributed by atoms with Crippen molar-refractivity contribution in [2.45, 2.75) is 360 Å². The lowest BCUT2D eigenvalue weighted by Crippen LogP contribution is -2.44. The van der Waals surface area contributed by atoms with Crippen molar-refractivity contribution >= 4 is 17.9 Å². The summed E-state index contributed by atoms with van der Waals surface area (Å²) in [7, 11) is 5.94. The summed E-state index contributed by atoms with van der Waals surface area (Å²) in [6.45, 7) is 4.67. The second kappa shape index (κ2) is 75.5. The highest BCUT2D eigenvalue weighted by atomic mass is 16.7. The number of ether oxygens (including phenoxy) is 4. The van der Waals surface area contributed by atoms with Crippen molar-refractivity contribution in [2.75, 3.05) is 47.5 Å². The number of allylic oxidation sites excluding steroid dienone is 20. The fraction of sp³-hybridized carbons (Fsp3) is 0.733. The zero-order valence-corrected chi connectivity index (χ0v) is 62.5. The molecule has 0 spiro atoms. The standard InChI is InChI=1S/C86H149NO8/c1-6-8-10-12-14-16-18-20-22-24-26-28-30-32-34-36-38-39-40-41-42-43-44-45-47-49-51-53-55-57-59-61-63-65-67-69-71-73-75-77-84(89)95-82(81-94-86(85(90)91)92-79-78-87(3,4)5)80-93-83(88)76-74-72-70-68-66-64-62-60-58-56-54-52-50-48-46-37-35-33-31-29-27-25-23-21-19-17-15-13-11-9-7-2/h8,10,14,16,20,22,25-28,32,34,38-39,41-42,44-45,49,51,82,86H,6-7,9,11-13,15,17-19,21,23-24,29-31,33,35-37,40,43,46-48,50,52-81H2,1-5H3/b10-8-,16-14-,22-20-,27-25-,28-26-,34-32-,39-38-,42-41-,45-44-,51-49-. The van der Waals surface area contributed by atoms with E-state index in [0.717, 1.165) is 103 Å². The van der Waals surface area contributed by atoms with Gasteiger partial charge >= 0.3 is 11.9 Å². The van der Waals surface area contributed by atoms with Gasteiger partial charge in [-0.3, -0.25) is 9.59 Å². The van der Waals surface area contributed by atoms with Crippen molar-refractivity contribution in [3.63, 3.8) is 0 Å². The van der Waals surface area contributed by atoms with Crippen LogP contribution in [0.1, 0.15) is 348 Å². The molecule has 0 aromatic carbocycles. The predicted molar refractivity (Wildman–Crippen MR) is 407 cm³/mol. The third kappa shape index (κ3) is 76.9. The van der Waals surface area contributed by atoms with E-state index < -0.39 is 24.3 Å². The van der Waals surface area contributed by atoms with Crippen LogP contribution in [0, 0.1) is 0 Å². The molecule has 9 nitrogen and oxygen atoms in total. The Hall–Kier alpha value is -4.31. The first-order valence-corrected chi connectivity index (χ1v) is 39.7. The van der Waals surface area contributed by atoms with E-state index in [1.54, 1.807) is 0 Å². The molecule has 0 saturated carbocycles. The van der Waals surface area contributed by atoms with Crippen LogP contribution in [0.2, 0.25) is 0 Å². The lowest BCUT2D eigenvalue weighted by atomic mass is 10.0. The molecule has 0 aromatic heterocycles. The Morgan fingerprint density at radius 3 is 0.905 bits per heavy atom. The molecule has 0 radical (unpaired) electrons. The molecular weight excluding hydrogens is 1170 g/mol. The Morgan fingerprint density at radius 1 is 0.326 bits per heavy atom. The molecule has 546 valence electrons. The number of quaternary nitrogens is 1. The van der Waals surface area contributed by atoms with Gasteiger partial charge < -0.3 is 33.3 Å². The molecule has 0 amide bonds. The number of hydrogen-bond donors (Lipinski definition) is 0. The van der Waals surface area contributed by atoms with Crippen LogP contribution in [0.4, 0.5) is 0 Å². The number of carboxylic acid groups (broad SMARTS) is 1. The summed E-state index contributed by atoms with van der Waals surface area (Å²) in [5.41, 5.74) is 0. The summed E-state index contributed by atoms with van der Waals surface area (Å²) in [5, 5.41) is 11.9. The molecule has 0 aliphatic rings. The SMILES string of the molecule is CC/C=C\C/C=C\C/C=C\C/C=C\C/C=C\C/C=C\C/C=C\C/C=C\C/C=C\CCCCCCCCCCCCCC(=O)OC(COC(=O)CCCCCCCCCCCCCCCCCCCCC/C=C\CCCCCCCCCC)COC(OCC[N+](C)(C)C)C(=O)[O-]. The van der Waals surface area contributed by atoms with Crippen LogP contribution >= 0.6 is 0 Å². The van der Waals surface area contributed by atoms with E-state index in [1.165, 1.54) is 212 Å². The molecular formula is C86H149NO8. The van der Waals surface area contributed by atoms with Crippen molar-refractivity contribution in [1.82, 2.24) is 0 Å². The summed E-state index contributed by atoms with van der Waals surface area (Å²) in [6, 6.07) is 0. The molecule has 2 unspecified atom stereocenters. The number of aliphatic carboxylic acids is 1. The second-order valence-electron chi connectivity index (χ2n) is 27.6. The molecule has 0 bridgehead atoms. The van der Waals surface area contributed by atoms with Gasteiger partial charge in [0, 0.05) is 12.8 Å². The topological polar surface area (TPSA) is 111 Å².